The van der Waals surface area contributed by atoms with Crippen LogP contribution in [0.15, 0.2) is 84.9 Å². The van der Waals surface area contributed by atoms with Crippen molar-refractivity contribution >= 4 is 11.6 Å². The van der Waals surface area contributed by atoms with Crippen LogP contribution in [-0.4, -0.2) is 14.9 Å². The van der Waals surface area contributed by atoms with Gasteiger partial charge in [0.1, 0.15) is 0 Å². The van der Waals surface area contributed by atoms with Crippen molar-refractivity contribution in [3.8, 4) is 22.8 Å². The molecule has 4 rings (SSSR count). The topological polar surface area (TPSA) is 42.7 Å². The number of rotatable bonds is 5. The minimum Gasteiger partial charge on any atom is -0.318 e. The Bertz CT molecular complexity index is 940. The molecule has 0 spiro atoms. The van der Waals surface area contributed by atoms with Gasteiger partial charge in [-0.2, -0.15) is 0 Å². The minimum atomic E-state index is 0.567. The number of aromatic nitrogens is 3. The normalized spacial score (nSPS) is 10.7. The molecule has 1 aromatic heterocycles. The molecule has 0 aliphatic rings. The second kappa shape index (κ2) is 7.42. The van der Waals surface area contributed by atoms with Gasteiger partial charge in [-0.3, -0.25) is 0 Å². The van der Waals surface area contributed by atoms with Gasteiger partial charge in [-0.25, -0.2) is 4.68 Å². The summed E-state index contributed by atoms with van der Waals surface area (Å²) < 4.78 is 1.92. The molecule has 1 heterocycles. The Morgan fingerprint density at radius 1 is 0.692 bits per heavy atom. The Morgan fingerprint density at radius 3 is 1.73 bits per heavy atom. The standard InChI is InChI=1S/C21H17ClN4/c22-19-14-8-7-13-18(19)15-23-26-20(16-9-3-1-4-10-16)24-25-21(26)17-11-5-2-6-12-17/h1-14,23H,15H2. The minimum absolute atomic E-state index is 0.567. The fraction of sp³-hybridized carbons (Fsp3) is 0.0476. The average molecular weight is 361 g/mol. The van der Waals surface area contributed by atoms with Crippen LogP contribution in [0.4, 0.5) is 0 Å². The molecule has 26 heavy (non-hydrogen) atoms. The van der Waals surface area contributed by atoms with E-state index in [1.807, 2.05) is 89.6 Å². The number of hydrogen-bond acceptors (Lipinski definition) is 3. The number of benzene rings is 3. The zero-order valence-corrected chi connectivity index (χ0v) is 14.8. The molecule has 0 aliphatic heterocycles. The van der Waals surface area contributed by atoms with Crippen molar-refractivity contribution in [3.05, 3.63) is 95.5 Å². The third kappa shape index (κ3) is 3.32. The van der Waals surface area contributed by atoms with E-state index < -0.39 is 0 Å². The van der Waals surface area contributed by atoms with Gasteiger partial charge in [0.15, 0.2) is 11.6 Å². The monoisotopic (exact) mass is 360 g/mol. The molecule has 0 fully saturated rings. The highest BCUT2D eigenvalue weighted by atomic mass is 35.5. The van der Waals surface area contributed by atoms with E-state index in [0.717, 1.165) is 33.4 Å². The lowest BCUT2D eigenvalue weighted by Crippen LogP contribution is -2.17. The molecule has 0 unspecified atom stereocenters. The molecular weight excluding hydrogens is 344 g/mol. The van der Waals surface area contributed by atoms with Gasteiger partial charge in [0, 0.05) is 16.1 Å². The zero-order valence-electron chi connectivity index (χ0n) is 14.0. The maximum Gasteiger partial charge on any atom is 0.182 e. The molecule has 0 atom stereocenters. The summed E-state index contributed by atoms with van der Waals surface area (Å²) >= 11 is 6.30. The second-order valence-corrected chi connectivity index (χ2v) is 6.25. The highest BCUT2D eigenvalue weighted by Gasteiger charge is 2.15. The zero-order chi connectivity index (χ0) is 17.8. The molecule has 4 nitrogen and oxygen atoms in total. The van der Waals surface area contributed by atoms with Crippen molar-refractivity contribution in [2.75, 3.05) is 5.43 Å². The molecule has 0 amide bonds. The molecule has 0 saturated heterocycles. The molecule has 1 N–H and O–H groups in total. The summed E-state index contributed by atoms with van der Waals surface area (Å²) in [5.41, 5.74) is 6.43. The predicted molar refractivity (Wildman–Crippen MR) is 105 cm³/mol. The second-order valence-electron chi connectivity index (χ2n) is 5.84. The molecule has 0 bridgehead atoms. The Morgan fingerprint density at radius 2 is 1.19 bits per heavy atom. The molecule has 0 radical (unpaired) electrons. The maximum atomic E-state index is 6.30. The van der Waals surface area contributed by atoms with Crippen LogP contribution in [-0.2, 0) is 6.54 Å². The van der Waals surface area contributed by atoms with E-state index in [1.54, 1.807) is 0 Å². The Hall–Kier alpha value is -3.11. The number of nitrogens with zero attached hydrogens (tertiary/aromatic N) is 3. The fourth-order valence-electron chi connectivity index (χ4n) is 2.79. The van der Waals surface area contributed by atoms with Gasteiger partial charge >= 0.3 is 0 Å². The summed E-state index contributed by atoms with van der Waals surface area (Å²) in [4.78, 5) is 0. The number of hydrogen-bond donors (Lipinski definition) is 1. The summed E-state index contributed by atoms with van der Waals surface area (Å²) in [6, 6.07) is 27.8. The maximum absolute atomic E-state index is 6.30. The smallest absolute Gasteiger partial charge is 0.182 e. The van der Waals surface area contributed by atoms with Crippen LogP contribution < -0.4 is 5.43 Å². The molecular formula is C21H17ClN4. The van der Waals surface area contributed by atoms with Crippen LogP contribution in [0.3, 0.4) is 0 Å². The van der Waals surface area contributed by atoms with Crippen molar-refractivity contribution in [2.24, 2.45) is 0 Å². The third-order valence-electron chi connectivity index (χ3n) is 4.11. The summed E-state index contributed by atoms with van der Waals surface area (Å²) in [5, 5.41) is 9.56. The first kappa shape index (κ1) is 16.4. The van der Waals surface area contributed by atoms with Gasteiger partial charge in [-0.1, -0.05) is 90.5 Å². The molecule has 128 valence electrons. The third-order valence-corrected chi connectivity index (χ3v) is 4.48. The van der Waals surface area contributed by atoms with Crippen LogP contribution in [0.25, 0.3) is 22.8 Å². The molecule has 0 saturated carbocycles. The summed E-state index contributed by atoms with van der Waals surface area (Å²) in [6.07, 6.45) is 0. The van der Waals surface area contributed by atoms with Crippen molar-refractivity contribution in [1.29, 1.82) is 0 Å². The van der Waals surface area contributed by atoms with E-state index in [1.165, 1.54) is 0 Å². The number of nitrogens with one attached hydrogen (secondary N) is 1. The van der Waals surface area contributed by atoms with E-state index in [9.17, 15) is 0 Å². The lowest BCUT2D eigenvalue weighted by atomic mass is 10.2. The summed E-state index contributed by atoms with van der Waals surface area (Å²) in [6.45, 7) is 0.567. The Kier molecular flexibility index (Phi) is 4.67. The van der Waals surface area contributed by atoms with E-state index in [4.69, 9.17) is 11.6 Å². The molecule has 3 aromatic carbocycles. The van der Waals surface area contributed by atoms with Gasteiger partial charge in [-0.05, 0) is 11.6 Å². The fourth-order valence-corrected chi connectivity index (χ4v) is 2.99. The average Bonchev–Trinajstić information content (AvgIpc) is 3.12. The van der Waals surface area contributed by atoms with Crippen molar-refractivity contribution in [1.82, 2.24) is 14.9 Å². The predicted octanol–water partition coefficient (Wildman–Crippen LogP) is 5.01. The first-order valence-corrected chi connectivity index (χ1v) is 8.74. The number of halogens is 1. The van der Waals surface area contributed by atoms with Gasteiger partial charge in [0.2, 0.25) is 0 Å². The summed E-state index contributed by atoms with van der Waals surface area (Å²) in [5.74, 6) is 1.52. The van der Waals surface area contributed by atoms with Crippen LogP contribution in [0.2, 0.25) is 5.02 Å². The Balaban J connectivity index is 1.75. The highest BCUT2D eigenvalue weighted by Crippen LogP contribution is 2.24. The van der Waals surface area contributed by atoms with Crippen LogP contribution >= 0.6 is 11.6 Å². The molecule has 5 heteroatoms. The highest BCUT2D eigenvalue weighted by molar-refractivity contribution is 6.31. The van der Waals surface area contributed by atoms with Crippen LogP contribution in [0, 0.1) is 0 Å². The Labute approximate surface area is 157 Å². The molecule has 4 aromatic rings. The van der Waals surface area contributed by atoms with Gasteiger partial charge in [-0.15, -0.1) is 10.2 Å². The van der Waals surface area contributed by atoms with Crippen LogP contribution in [0.5, 0.6) is 0 Å². The molecule has 0 aliphatic carbocycles. The summed E-state index contributed by atoms with van der Waals surface area (Å²) in [7, 11) is 0. The lowest BCUT2D eigenvalue weighted by Gasteiger charge is -2.14. The van der Waals surface area contributed by atoms with Gasteiger partial charge in [0.05, 0.1) is 6.54 Å². The van der Waals surface area contributed by atoms with Crippen molar-refractivity contribution < 1.29 is 0 Å². The van der Waals surface area contributed by atoms with E-state index in [0.29, 0.717) is 6.54 Å². The van der Waals surface area contributed by atoms with Crippen molar-refractivity contribution in [3.63, 3.8) is 0 Å². The van der Waals surface area contributed by atoms with E-state index >= 15 is 0 Å². The van der Waals surface area contributed by atoms with Gasteiger partial charge < -0.3 is 5.43 Å². The van der Waals surface area contributed by atoms with Crippen LogP contribution in [0.1, 0.15) is 5.56 Å². The van der Waals surface area contributed by atoms with Gasteiger partial charge in [0.25, 0.3) is 0 Å². The first-order chi connectivity index (χ1) is 12.8. The van der Waals surface area contributed by atoms with Crippen molar-refractivity contribution in [2.45, 2.75) is 6.54 Å². The first-order valence-electron chi connectivity index (χ1n) is 8.36. The lowest BCUT2D eigenvalue weighted by molar-refractivity contribution is 0.851. The largest absolute Gasteiger partial charge is 0.318 e. The van der Waals surface area contributed by atoms with E-state index in [-0.39, 0.29) is 0 Å². The SMILES string of the molecule is Clc1ccccc1CNn1c(-c2ccccc2)nnc1-c1ccccc1. The van der Waals surface area contributed by atoms with E-state index in [2.05, 4.69) is 15.6 Å². The quantitative estimate of drug-likeness (QED) is 0.544.